The topological polar surface area (TPSA) is 41.1 Å². The van der Waals surface area contributed by atoms with Crippen molar-refractivity contribution in [3.05, 3.63) is 17.3 Å². The summed E-state index contributed by atoms with van der Waals surface area (Å²) in [5.41, 5.74) is 0.445. The van der Waals surface area contributed by atoms with Crippen molar-refractivity contribution in [2.45, 2.75) is 20.3 Å². The van der Waals surface area contributed by atoms with Gasteiger partial charge >= 0.3 is 0 Å². The van der Waals surface area contributed by atoms with Gasteiger partial charge < -0.3 is 10.2 Å². The fraction of sp³-hybridized carbons (Fsp3) is 0.636. The highest BCUT2D eigenvalue weighted by Gasteiger charge is 2.18. The molecule has 1 fully saturated rings. The number of hydrogen-bond donors (Lipinski definition) is 1. The molecule has 4 nitrogen and oxygen atoms in total. The zero-order valence-electron chi connectivity index (χ0n) is 9.76. The van der Waals surface area contributed by atoms with Crippen molar-refractivity contribution in [1.82, 2.24) is 15.3 Å². The molecule has 1 aromatic rings. The third-order valence-corrected chi connectivity index (χ3v) is 2.78. The van der Waals surface area contributed by atoms with Crippen LogP contribution in [0.1, 0.15) is 18.4 Å². The van der Waals surface area contributed by atoms with E-state index in [9.17, 15) is 4.39 Å². The fourth-order valence-electron chi connectivity index (χ4n) is 1.85. The summed E-state index contributed by atoms with van der Waals surface area (Å²) in [5.74, 6) is 0.900. The number of hydrogen-bond acceptors (Lipinski definition) is 4. The first-order chi connectivity index (χ1) is 7.72. The average molecular weight is 224 g/mol. The summed E-state index contributed by atoms with van der Waals surface area (Å²) in [7, 11) is 0. The second kappa shape index (κ2) is 4.74. The second-order valence-electron chi connectivity index (χ2n) is 3.95. The molecule has 0 spiro atoms. The van der Waals surface area contributed by atoms with Crippen molar-refractivity contribution in [3.63, 3.8) is 0 Å². The second-order valence-corrected chi connectivity index (χ2v) is 3.95. The van der Waals surface area contributed by atoms with Gasteiger partial charge in [-0.2, -0.15) is 0 Å². The molecule has 0 atom stereocenters. The Bertz CT molecular complexity index is 374. The fourth-order valence-corrected chi connectivity index (χ4v) is 1.85. The molecule has 2 rings (SSSR count). The molecule has 1 aromatic heterocycles. The van der Waals surface area contributed by atoms with Crippen LogP contribution in [-0.2, 0) is 6.42 Å². The molecule has 1 aliphatic heterocycles. The quantitative estimate of drug-likeness (QED) is 0.810. The summed E-state index contributed by atoms with van der Waals surface area (Å²) in [6.45, 7) is 7.04. The molecule has 0 aliphatic carbocycles. The molecule has 16 heavy (non-hydrogen) atoms. The number of nitrogens with one attached hydrogen (secondary N) is 1. The van der Waals surface area contributed by atoms with E-state index in [1.807, 2.05) is 11.8 Å². The summed E-state index contributed by atoms with van der Waals surface area (Å²) in [5, 5.41) is 3.24. The smallest absolute Gasteiger partial charge is 0.186 e. The number of aryl methyl sites for hydroxylation is 2. The Kier molecular flexibility index (Phi) is 3.33. The first-order valence-electron chi connectivity index (χ1n) is 5.71. The van der Waals surface area contributed by atoms with Gasteiger partial charge in [-0.05, 0) is 6.92 Å². The molecule has 0 bridgehead atoms. The van der Waals surface area contributed by atoms with Crippen LogP contribution in [0.3, 0.4) is 0 Å². The molecule has 0 saturated carbocycles. The maximum absolute atomic E-state index is 13.9. The van der Waals surface area contributed by atoms with Crippen LogP contribution < -0.4 is 10.2 Å². The predicted molar refractivity (Wildman–Crippen MR) is 61.2 cm³/mol. The molecular formula is C11H17FN4. The molecular weight excluding hydrogens is 207 g/mol. The van der Waals surface area contributed by atoms with E-state index < -0.39 is 0 Å². The molecule has 1 saturated heterocycles. The lowest BCUT2D eigenvalue weighted by atomic mass is 10.3. The number of aromatic nitrogens is 2. The maximum atomic E-state index is 13.9. The summed E-state index contributed by atoms with van der Waals surface area (Å²) in [4.78, 5) is 10.4. The highest BCUT2D eigenvalue weighted by molar-refractivity contribution is 5.42. The maximum Gasteiger partial charge on any atom is 0.186 e. The van der Waals surface area contributed by atoms with Crippen LogP contribution >= 0.6 is 0 Å². The Balaban J connectivity index is 2.33. The van der Waals surface area contributed by atoms with Crippen LogP contribution in [0.25, 0.3) is 0 Å². The summed E-state index contributed by atoms with van der Waals surface area (Å²) in [6.07, 6.45) is 0.736. The van der Waals surface area contributed by atoms with Crippen LogP contribution in [-0.4, -0.2) is 36.1 Å². The normalized spacial score (nSPS) is 16.6. The molecule has 2 heterocycles. The molecule has 0 aromatic carbocycles. The van der Waals surface area contributed by atoms with Gasteiger partial charge in [0.2, 0.25) is 0 Å². The lowest BCUT2D eigenvalue weighted by Crippen LogP contribution is -2.44. The van der Waals surface area contributed by atoms with Crippen LogP contribution in [0.4, 0.5) is 10.2 Å². The SMILES string of the molecule is CCc1nc(C)c(F)c(N2CCNCC2)n1. The zero-order valence-corrected chi connectivity index (χ0v) is 9.76. The van der Waals surface area contributed by atoms with Crippen molar-refractivity contribution in [3.8, 4) is 0 Å². The first-order valence-corrected chi connectivity index (χ1v) is 5.71. The third kappa shape index (κ3) is 2.14. The van der Waals surface area contributed by atoms with Crippen molar-refractivity contribution in [2.75, 3.05) is 31.1 Å². The number of piperazine rings is 1. The molecule has 88 valence electrons. The van der Waals surface area contributed by atoms with E-state index in [0.717, 1.165) is 32.6 Å². The molecule has 0 radical (unpaired) electrons. The summed E-state index contributed by atoms with van der Waals surface area (Å²) >= 11 is 0. The van der Waals surface area contributed by atoms with Gasteiger partial charge in [0.15, 0.2) is 11.6 Å². The van der Waals surface area contributed by atoms with Gasteiger partial charge in [-0.25, -0.2) is 14.4 Å². The Morgan fingerprint density at radius 3 is 2.62 bits per heavy atom. The van der Waals surface area contributed by atoms with Gasteiger partial charge in [-0.1, -0.05) is 6.92 Å². The lowest BCUT2D eigenvalue weighted by Gasteiger charge is -2.29. The number of halogens is 1. The van der Waals surface area contributed by atoms with E-state index in [-0.39, 0.29) is 5.82 Å². The highest BCUT2D eigenvalue weighted by atomic mass is 19.1. The van der Waals surface area contributed by atoms with Crippen molar-refractivity contribution < 1.29 is 4.39 Å². The van der Waals surface area contributed by atoms with Gasteiger partial charge in [0.1, 0.15) is 5.82 Å². The van der Waals surface area contributed by atoms with Crippen LogP contribution in [0, 0.1) is 12.7 Å². The Hall–Kier alpha value is -1.23. The minimum atomic E-state index is -0.279. The standard InChI is InChI=1S/C11H17FN4/c1-3-9-14-8(2)10(12)11(15-9)16-6-4-13-5-7-16/h13H,3-7H2,1-2H3. The van der Waals surface area contributed by atoms with E-state index in [4.69, 9.17) is 0 Å². The molecule has 5 heteroatoms. The van der Waals surface area contributed by atoms with Gasteiger partial charge in [0, 0.05) is 32.6 Å². The molecule has 0 amide bonds. The minimum Gasteiger partial charge on any atom is -0.352 e. The summed E-state index contributed by atoms with van der Waals surface area (Å²) < 4.78 is 13.9. The average Bonchev–Trinajstić information content (AvgIpc) is 2.33. The van der Waals surface area contributed by atoms with Crippen LogP contribution in [0.5, 0.6) is 0 Å². The summed E-state index contributed by atoms with van der Waals surface area (Å²) in [6, 6.07) is 0. The molecule has 1 N–H and O–H groups in total. The van der Waals surface area contributed by atoms with Crippen LogP contribution in [0.2, 0.25) is 0 Å². The first kappa shape index (κ1) is 11.3. The lowest BCUT2D eigenvalue weighted by molar-refractivity contribution is 0.548. The number of anilines is 1. The van der Waals surface area contributed by atoms with E-state index in [2.05, 4.69) is 15.3 Å². The third-order valence-electron chi connectivity index (χ3n) is 2.78. The molecule has 1 aliphatic rings. The minimum absolute atomic E-state index is 0.279. The van der Waals surface area contributed by atoms with Crippen LogP contribution in [0.15, 0.2) is 0 Å². The Morgan fingerprint density at radius 2 is 2.00 bits per heavy atom. The monoisotopic (exact) mass is 224 g/mol. The highest BCUT2D eigenvalue weighted by Crippen LogP contribution is 2.19. The van der Waals surface area contributed by atoms with E-state index in [1.165, 1.54) is 0 Å². The largest absolute Gasteiger partial charge is 0.352 e. The number of rotatable bonds is 2. The van der Waals surface area contributed by atoms with Crippen molar-refractivity contribution >= 4 is 5.82 Å². The Labute approximate surface area is 94.9 Å². The Morgan fingerprint density at radius 1 is 1.31 bits per heavy atom. The number of nitrogens with zero attached hydrogens (tertiary/aromatic N) is 3. The van der Waals surface area contributed by atoms with E-state index in [1.54, 1.807) is 6.92 Å². The van der Waals surface area contributed by atoms with Crippen molar-refractivity contribution in [1.29, 1.82) is 0 Å². The predicted octanol–water partition coefficient (Wildman–Crippen LogP) is 0.896. The van der Waals surface area contributed by atoms with Crippen molar-refractivity contribution in [2.24, 2.45) is 0 Å². The van der Waals surface area contributed by atoms with E-state index >= 15 is 0 Å². The van der Waals surface area contributed by atoms with Gasteiger partial charge in [-0.3, -0.25) is 0 Å². The zero-order chi connectivity index (χ0) is 11.5. The molecule has 0 unspecified atom stereocenters. The van der Waals surface area contributed by atoms with Gasteiger partial charge in [0.25, 0.3) is 0 Å². The van der Waals surface area contributed by atoms with Gasteiger partial charge in [-0.15, -0.1) is 0 Å². The van der Waals surface area contributed by atoms with E-state index in [0.29, 0.717) is 17.3 Å². The van der Waals surface area contributed by atoms with Gasteiger partial charge in [0.05, 0.1) is 5.69 Å².